The SMILES string of the molecule is CC(=O)NC1CCN(c2c(F)cccc2/C=C/C(=O)O)C1. The lowest BCUT2D eigenvalue weighted by Gasteiger charge is -2.21. The second-order valence-electron chi connectivity index (χ2n) is 4.98. The monoisotopic (exact) mass is 292 g/mol. The molecule has 1 heterocycles. The Morgan fingerprint density at radius 3 is 2.90 bits per heavy atom. The summed E-state index contributed by atoms with van der Waals surface area (Å²) in [6.07, 6.45) is 3.10. The first kappa shape index (κ1) is 15.0. The number of para-hydroxylation sites is 1. The number of anilines is 1. The Balaban J connectivity index is 2.23. The van der Waals surface area contributed by atoms with E-state index in [1.807, 2.05) is 4.90 Å². The Morgan fingerprint density at radius 1 is 1.48 bits per heavy atom. The van der Waals surface area contributed by atoms with Gasteiger partial charge in [0.05, 0.1) is 5.69 Å². The van der Waals surface area contributed by atoms with Crippen molar-refractivity contribution in [2.75, 3.05) is 18.0 Å². The highest BCUT2D eigenvalue weighted by atomic mass is 19.1. The lowest BCUT2D eigenvalue weighted by atomic mass is 10.1. The number of carbonyl (C=O) groups is 2. The fourth-order valence-corrected chi connectivity index (χ4v) is 2.53. The molecule has 1 fully saturated rings. The largest absolute Gasteiger partial charge is 0.478 e. The summed E-state index contributed by atoms with van der Waals surface area (Å²) in [7, 11) is 0. The van der Waals surface area contributed by atoms with Gasteiger partial charge < -0.3 is 15.3 Å². The molecule has 2 rings (SSSR count). The Morgan fingerprint density at radius 2 is 2.24 bits per heavy atom. The van der Waals surface area contributed by atoms with E-state index in [4.69, 9.17) is 5.11 Å². The molecule has 5 nitrogen and oxygen atoms in total. The lowest BCUT2D eigenvalue weighted by Crippen LogP contribution is -2.35. The number of amides is 1. The van der Waals surface area contributed by atoms with E-state index in [0.717, 1.165) is 12.5 Å². The zero-order chi connectivity index (χ0) is 15.4. The van der Waals surface area contributed by atoms with E-state index in [1.165, 1.54) is 19.1 Å². The van der Waals surface area contributed by atoms with Crippen LogP contribution in [0.4, 0.5) is 10.1 Å². The van der Waals surface area contributed by atoms with Crippen molar-refractivity contribution in [3.63, 3.8) is 0 Å². The van der Waals surface area contributed by atoms with Crippen LogP contribution >= 0.6 is 0 Å². The summed E-state index contributed by atoms with van der Waals surface area (Å²) in [6.45, 7) is 2.57. The highest BCUT2D eigenvalue weighted by Gasteiger charge is 2.26. The number of carboxylic acid groups (broad SMARTS) is 1. The number of hydrogen-bond acceptors (Lipinski definition) is 3. The van der Waals surface area contributed by atoms with Crippen LogP contribution in [0.25, 0.3) is 6.08 Å². The minimum atomic E-state index is -1.08. The fourth-order valence-electron chi connectivity index (χ4n) is 2.53. The standard InChI is InChI=1S/C15H17FN2O3/c1-10(19)17-12-7-8-18(9-12)15-11(5-6-14(20)21)3-2-4-13(15)16/h2-6,12H,7-9H2,1H3,(H,17,19)(H,20,21)/b6-5+. The number of benzene rings is 1. The molecule has 0 spiro atoms. The van der Waals surface area contributed by atoms with Crippen molar-refractivity contribution in [2.24, 2.45) is 0 Å². The Labute approximate surface area is 122 Å². The summed E-state index contributed by atoms with van der Waals surface area (Å²) in [5.74, 6) is -1.59. The van der Waals surface area contributed by atoms with Crippen molar-refractivity contribution >= 4 is 23.6 Å². The Hall–Kier alpha value is -2.37. The third kappa shape index (κ3) is 3.81. The number of halogens is 1. The van der Waals surface area contributed by atoms with Crippen LogP contribution in [0.3, 0.4) is 0 Å². The number of carboxylic acids is 1. The summed E-state index contributed by atoms with van der Waals surface area (Å²) in [5, 5.41) is 11.5. The molecule has 1 atom stereocenters. The topological polar surface area (TPSA) is 69.6 Å². The normalized spacial score (nSPS) is 18.2. The average Bonchev–Trinajstić information content (AvgIpc) is 2.83. The van der Waals surface area contributed by atoms with Gasteiger partial charge in [0, 0.05) is 37.7 Å². The van der Waals surface area contributed by atoms with Gasteiger partial charge in [0.1, 0.15) is 5.82 Å². The van der Waals surface area contributed by atoms with Crippen LogP contribution in [0.15, 0.2) is 24.3 Å². The van der Waals surface area contributed by atoms with Gasteiger partial charge in [0.25, 0.3) is 0 Å². The van der Waals surface area contributed by atoms with E-state index in [9.17, 15) is 14.0 Å². The predicted octanol–water partition coefficient (Wildman–Crippen LogP) is 1.64. The molecule has 1 aliphatic rings. The molecule has 1 saturated heterocycles. The molecule has 21 heavy (non-hydrogen) atoms. The van der Waals surface area contributed by atoms with Gasteiger partial charge in [-0.2, -0.15) is 0 Å². The number of nitrogens with zero attached hydrogens (tertiary/aromatic N) is 1. The second kappa shape index (κ2) is 6.39. The number of nitrogens with one attached hydrogen (secondary N) is 1. The summed E-state index contributed by atoms with van der Waals surface area (Å²) >= 11 is 0. The Kier molecular flexibility index (Phi) is 4.57. The molecule has 0 radical (unpaired) electrons. The first-order valence-electron chi connectivity index (χ1n) is 6.69. The number of carbonyl (C=O) groups excluding carboxylic acids is 1. The third-order valence-corrected chi connectivity index (χ3v) is 3.34. The summed E-state index contributed by atoms with van der Waals surface area (Å²) in [5.41, 5.74) is 0.892. The Bertz CT molecular complexity index is 586. The molecule has 2 N–H and O–H groups in total. The van der Waals surface area contributed by atoms with E-state index in [1.54, 1.807) is 12.1 Å². The molecule has 1 amide bonds. The first-order chi connectivity index (χ1) is 9.97. The molecule has 0 aliphatic carbocycles. The molecular formula is C15H17FN2O3. The van der Waals surface area contributed by atoms with Crippen LogP contribution in [0, 0.1) is 5.82 Å². The molecule has 1 aliphatic heterocycles. The van der Waals surface area contributed by atoms with Crippen molar-refractivity contribution < 1.29 is 19.1 Å². The maximum atomic E-state index is 14.1. The van der Waals surface area contributed by atoms with E-state index in [2.05, 4.69) is 5.32 Å². The molecule has 6 heteroatoms. The lowest BCUT2D eigenvalue weighted by molar-refractivity contribution is -0.131. The van der Waals surface area contributed by atoms with Crippen molar-refractivity contribution in [1.82, 2.24) is 5.32 Å². The molecule has 1 unspecified atom stereocenters. The summed E-state index contributed by atoms with van der Waals surface area (Å²) in [6, 6.07) is 4.54. The van der Waals surface area contributed by atoms with Gasteiger partial charge in [-0.25, -0.2) is 9.18 Å². The second-order valence-corrected chi connectivity index (χ2v) is 4.98. The van der Waals surface area contributed by atoms with Gasteiger partial charge in [-0.15, -0.1) is 0 Å². The molecule has 1 aromatic carbocycles. The summed E-state index contributed by atoms with van der Waals surface area (Å²) in [4.78, 5) is 23.5. The molecule has 0 saturated carbocycles. The van der Waals surface area contributed by atoms with Gasteiger partial charge in [0.15, 0.2) is 0 Å². The van der Waals surface area contributed by atoms with Crippen LogP contribution in [-0.4, -0.2) is 36.1 Å². The van der Waals surface area contributed by atoms with Crippen LogP contribution in [0.2, 0.25) is 0 Å². The highest BCUT2D eigenvalue weighted by Crippen LogP contribution is 2.29. The first-order valence-corrected chi connectivity index (χ1v) is 6.69. The zero-order valence-electron chi connectivity index (χ0n) is 11.7. The van der Waals surface area contributed by atoms with Gasteiger partial charge in [-0.1, -0.05) is 12.1 Å². The number of rotatable bonds is 4. The minimum Gasteiger partial charge on any atom is -0.478 e. The smallest absolute Gasteiger partial charge is 0.328 e. The van der Waals surface area contributed by atoms with Gasteiger partial charge in [-0.05, 0) is 18.6 Å². The van der Waals surface area contributed by atoms with Crippen LogP contribution in [-0.2, 0) is 9.59 Å². The van der Waals surface area contributed by atoms with E-state index >= 15 is 0 Å². The quantitative estimate of drug-likeness (QED) is 0.828. The maximum absolute atomic E-state index is 14.1. The van der Waals surface area contributed by atoms with Crippen molar-refractivity contribution in [1.29, 1.82) is 0 Å². The molecule has 1 aromatic rings. The van der Waals surface area contributed by atoms with Gasteiger partial charge in [-0.3, -0.25) is 4.79 Å². The van der Waals surface area contributed by atoms with Gasteiger partial charge in [0.2, 0.25) is 5.91 Å². The zero-order valence-corrected chi connectivity index (χ0v) is 11.7. The van der Waals surface area contributed by atoms with Gasteiger partial charge >= 0.3 is 5.97 Å². The third-order valence-electron chi connectivity index (χ3n) is 3.34. The maximum Gasteiger partial charge on any atom is 0.328 e. The number of aliphatic carboxylic acids is 1. The van der Waals surface area contributed by atoms with Crippen LogP contribution in [0.1, 0.15) is 18.9 Å². The summed E-state index contributed by atoms with van der Waals surface area (Å²) < 4.78 is 14.1. The molecule has 0 bridgehead atoms. The molecular weight excluding hydrogens is 275 g/mol. The van der Waals surface area contributed by atoms with Crippen LogP contribution < -0.4 is 10.2 Å². The predicted molar refractivity (Wildman–Crippen MR) is 77.5 cm³/mol. The molecule has 112 valence electrons. The highest BCUT2D eigenvalue weighted by molar-refractivity contribution is 5.87. The number of hydrogen-bond donors (Lipinski definition) is 2. The minimum absolute atomic E-state index is 0.0154. The van der Waals surface area contributed by atoms with Crippen molar-refractivity contribution in [3.8, 4) is 0 Å². The average molecular weight is 292 g/mol. The fraction of sp³-hybridized carbons (Fsp3) is 0.333. The van der Waals surface area contributed by atoms with Crippen molar-refractivity contribution in [3.05, 3.63) is 35.7 Å². The van der Waals surface area contributed by atoms with E-state index in [-0.39, 0.29) is 11.9 Å². The van der Waals surface area contributed by atoms with Crippen LogP contribution in [0.5, 0.6) is 0 Å². The van der Waals surface area contributed by atoms with E-state index in [0.29, 0.717) is 24.3 Å². The molecule has 0 aromatic heterocycles. The van der Waals surface area contributed by atoms with Crippen molar-refractivity contribution in [2.45, 2.75) is 19.4 Å². The van der Waals surface area contributed by atoms with E-state index < -0.39 is 11.8 Å².